The number of benzene rings is 1. The van der Waals surface area contributed by atoms with Gasteiger partial charge in [0.25, 0.3) is 5.91 Å². The molecule has 3 rings (SSSR count). The minimum atomic E-state index is -0.481. The Morgan fingerprint density at radius 2 is 2.00 bits per heavy atom. The van der Waals surface area contributed by atoms with Crippen LogP contribution in [0.5, 0.6) is 0 Å². The Morgan fingerprint density at radius 1 is 1.19 bits per heavy atom. The van der Waals surface area contributed by atoms with Gasteiger partial charge in [0.05, 0.1) is 19.1 Å². The number of methoxy groups -OCH3 is 1. The number of ether oxygens (including phenoxy) is 1. The molecule has 5 nitrogen and oxygen atoms in total. The topological polar surface area (TPSA) is 68.5 Å². The smallest absolute Gasteiger partial charge is 0.350 e. The van der Waals surface area contributed by atoms with Crippen molar-refractivity contribution in [1.82, 2.24) is 0 Å². The van der Waals surface area contributed by atoms with Crippen LogP contribution in [0.1, 0.15) is 20.2 Å². The fraction of sp³-hybridized carbons (Fsp3) is 0.0667. The SMILES string of the molecule is COC(=O)c1sc2ccccc2c1NC(=O)c1ccco1. The number of furan rings is 1. The van der Waals surface area contributed by atoms with Crippen LogP contribution in [0.3, 0.4) is 0 Å². The summed E-state index contributed by atoms with van der Waals surface area (Å²) in [7, 11) is 1.31. The minimum Gasteiger partial charge on any atom is -0.465 e. The molecule has 0 unspecified atom stereocenters. The maximum Gasteiger partial charge on any atom is 0.350 e. The molecule has 0 bridgehead atoms. The van der Waals surface area contributed by atoms with Crippen molar-refractivity contribution in [3.05, 3.63) is 53.3 Å². The third-order valence-electron chi connectivity index (χ3n) is 2.95. The third-order valence-corrected chi connectivity index (χ3v) is 4.10. The van der Waals surface area contributed by atoms with Crippen LogP contribution in [0.15, 0.2) is 47.1 Å². The van der Waals surface area contributed by atoms with Crippen LogP contribution < -0.4 is 5.32 Å². The van der Waals surface area contributed by atoms with Crippen LogP contribution in [-0.4, -0.2) is 19.0 Å². The molecule has 1 amide bonds. The van der Waals surface area contributed by atoms with Gasteiger partial charge in [0, 0.05) is 10.1 Å². The maximum absolute atomic E-state index is 12.1. The molecule has 1 N–H and O–H groups in total. The van der Waals surface area contributed by atoms with Crippen molar-refractivity contribution in [2.75, 3.05) is 12.4 Å². The van der Waals surface area contributed by atoms with E-state index in [1.165, 1.54) is 24.7 Å². The molecule has 106 valence electrons. The molecule has 21 heavy (non-hydrogen) atoms. The summed E-state index contributed by atoms with van der Waals surface area (Å²) in [4.78, 5) is 24.4. The average molecular weight is 301 g/mol. The number of fused-ring (bicyclic) bond motifs is 1. The van der Waals surface area contributed by atoms with Gasteiger partial charge in [-0.2, -0.15) is 0 Å². The van der Waals surface area contributed by atoms with E-state index in [9.17, 15) is 9.59 Å². The molecule has 0 aliphatic carbocycles. The van der Waals surface area contributed by atoms with Crippen molar-refractivity contribution in [3.8, 4) is 0 Å². The number of carbonyl (C=O) groups excluding carboxylic acids is 2. The summed E-state index contributed by atoms with van der Waals surface area (Å²) in [6.45, 7) is 0. The van der Waals surface area contributed by atoms with E-state index < -0.39 is 11.9 Å². The predicted octanol–water partition coefficient (Wildman–Crippen LogP) is 3.53. The molecular formula is C15H11NO4S. The first-order valence-corrected chi connectivity index (χ1v) is 6.97. The second kappa shape index (κ2) is 5.41. The Bertz CT molecular complexity index is 804. The van der Waals surface area contributed by atoms with Gasteiger partial charge in [-0.15, -0.1) is 11.3 Å². The van der Waals surface area contributed by atoms with Crippen molar-refractivity contribution in [3.63, 3.8) is 0 Å². The summed E-state index contributed by atoms with van der Waals surface area (Å²) in [6.07, 6.45) is 1.42. The first-order valence-electron chi connectivity index (χ1n) is 6.15. The number of hydrogen-bond acceptors (Lipinski definition) is 5. The van der Waals surface area contributed by atoms with E-state index in [4.69, 9.17) is 9.15 Å². The second-order valence-electron chi connectivity index (χ2n) is 4.23. The molecular weight excluding hydrogens is 290 g/mol. The number of thiophene rings is 1. The standard InChI is InChI=1S/C15H11NO4S/c1-19-15(18)13-12(9-5-2-3-7-11(9)21-13)16-14(17)10-6-4-8-20-10/h2-8H,1H3,(H,16,17). The summed E-state index contributed by atoms with van der Waals surface area (Å²) in [5.41, 5.74) is 0.448. The zero-order valence-corrected chi connectivity index (χ0v) is 11.9. The summed E-state index contributed by atoms with van der Waals surface area (Å²) in [6, 6.07) is 10.6. The van der Waals surface area contributed by atoms with Gasteiger partial charge in [-0.1, -0.05) is 18.2 Å². The quantitative estimate of drug-likeness (QED) is 0.751. The highest BCUT2D eigenvalue weighted by Crippen LogP contribution is 2.36. The second-order valence-corrected chi connectivity index (χ2v) is 5.28. The van der Waals surface area contributed by atoms with Crippen molar-refractivity contribution >= 4 is 39.0 Å². The monoisotopic (exact) mass is 301 g/mol. The molecule has 3 aromatic rings. The molecule has 2 aromatic heterocycles. The Morgan fingerprint density at radius 3 is 2.71 bits per heavy atom. The number of hydrogen-bond donors (Lipinski definition) is 1. The van der Waals surface area contributed by atoms with E-state index in [0.717, 1.165) is 10.1 Å². The van der Waals surface area contributed by atoms with Gasteiger partial charge in [-0.3, -0.25) is 4.79 Å². The molecule has 0 saturated heterocycles. The Kier molecular flexibility index (Phi) is 3.45. The minimum absolute atomic E-state index is 0.182. The summed E-state index contributed by atoms with van der Waals surface area (Å²) < 4.78 is 10.7. The highest BCUT2D eigenvalue weighted by molar-refractivity contribution is 7.21. The largest absolute Gasteiger partial charge is 0.465 e. The number of anilines is 1. The van der Waals surface area contributed by atoms with Gasteiger partial charge in [0.2, 0.25) is 0 Å². The Balaban J connectivity index is 2.07. The van der Waals surface area contributed by atoms with Crippen molar-refractivity contribution in [1.29, 1.82) is 0 Å². The van der Waals surface area contributed by atoms with Crippen molar-refractivity contribution in [2.24, 2.45) is 0 Å². The van der Waals surface area contributed by atoms with E-state index >= 15 is 0 Å². The lowest BCUT2D eigenvalue weighted by atomic mass is 10.2. The maximum atomic E-state index is 12.1. The van der Waals surface area contributed by atoms with Crippen molar-refractivity contribution < 1.29 is 18.7 Å². The molecule has 0 radical (unpaired) electrons. The molecule has 6 heteroatoms. The Hall–Kier alpha value is -2.60. The highest BCUT2D eigenvalue weighted by Gasteiger charge is 2.21. The first kappa shape index (κ1) is 13.4. The third kappa shape index (κ3) is 2.41. The van der Waals surface area contributed by atoms with E-state index in [1.807, 2.05) is 24.3 Å². The number of nitrogens with one attached hydrogen (secondary N) is 1. The van der Waals surface area contributed by atoms with E-state index in [2.05, 4.69) is 5.32 Å². The fourth-order valence-corrected chi connectivity index (χ4v) is 3.07. The van der Waals surface area contributed by atoms with E-state index in [0.29, 0.717) is 10.6 Å². The number of amides is 1. The summed E-state index contributed by atoms with van der Waals surface area (Å²) >= 11 is 1.28. The van der Waals surface area contributed by atoms with Crippen LogP contribution in [0.25, 0.3) is 10.1 Å². The first-order chi connectivity index (χ1) is 10.2. The molecule has 0 atom stereocenters. The molecule has 0 fully saturated rings. The highest BCUT2D eigenvalue weighted by atomic mass is 32.1. The predicted molar refractivity (Wildman–Crippen MR) is 79.8 cm³/mol. The number of rotatable bonds is 3. The van der Waals surface area contributed by atoms with Crippen LogP contribution in [-0.2, 0) is 4.74 Å². The Labute approximate surface area is 124 Å². The molecule has 0 aliphatic heterocycles. The van der Waals surface area contributed by atoms with E-state index in [1.54, 1.807) is 12.1 Å². The van der Waals surface area contributed by atoms with E-state index in [-0.39, 0.29) is 5.76 Å². The van der Waals surface area contributed by atoms with Crippen LogP contribution >= 0.6 is 11.3 Å². The van der Waals surface area contributed by atoms with Gasteiger partial charge < -0.3 is 14.5 Å². The van der Waals surface area contributed by atoms with Gasteiger partial charge in [0.15, 0.2) is 5.76 Å². The van der Waals surface area contributed by atoms with Crippen LogP contribution in [0, 0.1) is 0 Å². The lowest BCUT2D eigenvalue weighted by molar-refractivity contribution is 0.0607. The molecule has 2 heterocycles. The average Bonchev–Trinajstić information content (AvgIpc) is 3.15. The zero-order chi connectivity index (χ0) is 14.8. The molecule has 1 aromatic carbocycles. The van der Waals surface area contributed by atoms with Gasteiger partial charge in [0.1, 0.15) is 4.88 Å². The molecule has 0 saturated carbocycles. The summed E-state index contributed by atoms with van der Waals surface area (Å²) in [5, 5.41) is 3.52. The molecule has 0 aliphatic rings. The van der Waals surface area contributed by atoms with Crippen LogP contribution in [0.4, 0.5) is 5.69 Å². The zero-order valence-electron chi connectivity index (χ0n) is 11.1. The number of carbonyl (C=O) groups is 2. The van der Waals surface area contributed by atoms with Gasteiger partial charge in [-0.05, 0) is 18.2 Å². The van der Waals surface area contributed by atoms with Gasteiger partial charge >= 0.3 is 5.97 Å². The lowest BCUT2D eigenvalue weighted by Crippen LogP contribution is -2.13. The van der Waals surface area contributed by atoms with Gasteiger partial charge in [-0.25, -0.2) is 4.79 Å². The fourth-order valence-electron chi connectivity index (χ4n) is 1.99. The normalized spacial score (nSPS) is 10.5. The lowest BCUT2D eigenvalue weighted by Gasteiger charge is -2.04. The molecule has 0 spiro atoms. The van der Waals surface area contributed by atoms with Crippen molar-refractivity contribution in [2.45, 2.75) is 0 Å². The summed E-state index contributed by atoms with van der Waals surface area (Å²) in [5.74, 6) is -0.708. The number of esters is 1. The van der Waals surface area contributed by atoms with Crippen LogP contribution in [0.2, 0.25) is 0 Å².